The summed E-state index contributed by atoms with van der Waals surface area (Å²) in [7, 11) is 1.77. The summed E-state index contributed by atoms with van der Waals surface area (Å²) in [5.74, 6) is -0.391. The van der Waals surface area contributed by atoms with E-state index < -0.39 is 0 Å². The second-order valence-electron chi connectivity index (χ2n) is 5.14. The number of halogens is 2. The zero-order valence-electron chi connectivity index (χ0n) is 11.1. The van der Waals surface area contributed by atoms with Crippen molar-refractivity contribution in [3.63, 3.8) is 0 Å². The van der Waals surface area contributed by atoms with Crippen molar-refractivity contribution in [1.82, 2.24) is 4.90 Å². The van der Waals surface area contributed by atoms with Crippen LogP contribution in [0.4, 0.5) is 4.39 Å². The van der Waals surface area contributed by atoms with E-state index in [1.807, 2.05) is 0 Å². The van der Waals surface area contributed by atoms with E-state index in [1.165, 1.54) is 6.07 Å². The molecular weight excluding hydrogens is 265 g/mol. The molecule has 2 atom stereocenters. The summed E-state index contributed by atoms with van der Waals surface area (Å²) >= 11 is 6.29. The molecule has 0 spiro atoms. The molecule has 1 aliphatic rings. The first kappa shape index (κ1) is 14.3. The Morgan fingerprint density at radius 1 is 1.37 bits per heavy atom. The van der Waals surface area contributed by atoms with Crippen LogP contribution in [0.2, 0.25) is 0 Å². The summed E-state index contributed by atoms with van der Waals surface area (Å²) in [5, 5.41) is 0.0170. The average molecular weight is 284 g/mol. The SMILES string of the molecule is CN(C(=O)Cc1ccccc1F)C1CCCCC1Cl. The molecular formula is C15H19ClFNO. The predicted molar refractivity (Wildman–Crippen MR) is 74.8 cm³/mol. The summed E-state index contributed by atoms with van der Waals surface area (Å²) in [5.41, 5.74) is 0.446. The summed E-state index contributed by atoms with van der Waals surface area (Å²) in [4.78, 5) is 13.9. The molecule has 1 saturated carbocycles. The number of alkyl halides is 1. The molecule has 4 heteroatoms. The minimum atomic E-state index is -0.324. The van der Waals surface area contributed by atoms with Gasteiger partial charge >= 0.3 is 0 Å². The lowest BCUT2D eigenvalue weighted by Crippen LogP contribution is -2.44. The zero-order chi connectivity index (χ0) is 13.8. The normalized spacial score (nSPS) is 23.1. The Bertz CT molecular complexity index is 452. The number of amides is 1. The van der Waals surface area contributed by atoms with Crippen molar-refractivity contribution in [2.24, 2.45) is 0 Å². The third-order valence-corrected chi connectivity index (χ3v) is 4.35. The molecule has 2 rings (SSSR count). The molecule has 104 valence electrons. The van der Waals surface area contributed by atoms with Crippen molar-refractivity contribution in [2.75, 3.05) is 7.05 Å². The molecule has 0 N–H and O–H groups in total. The topological polar surface area (TPSA) is 20.3 Å². The van der Waals surface area contributed by atoms with Gasteiger partial charge in [0.2, 0.25) is 5.91 Å². The number of benzene rings is 1. The van der Waals surface area contributed by atoms with Crippen LogP contribution in [-0.2, 0) is 11.2 Å². The number of nitrogens with zero attached hydrogens (tertiary/aromatic N) is 1. The molecule has 0 aromatic heterocycles. The fourth-order valence-corrected chi connectivity index (χ4v) is 3.07. The van der Waals surface area contributed by atoms with Gasteiger partial charge in [-0.2, -0.15) is 0 Å². The molecule has 1 aromatic rings. The Balaban J connectivity index is 2.01. The second kappa shape index (κ2) is 6.38. The van der Waals surface area contributed by atoms with Crippen LogP contribution in [0.3, 0.4) is 0 Å². The van der Waals surface area contributed by atoms with Gasteiger partial charge in [0, 0.05) is 13.1 Å². The fraction of sp³-hybridized carbons (Fsp3) is 0.533. The quantitative estimate of drug-likeness (QED) is 0.779. The molecule has 1 aliphatic carbocycles. The number of carbonyl (C=O) groups excluding carboxylic acids is 1. The highest BCUT2D eigenvalue weighted by atomic mass is 35.5. The molecule has 0 aliphatic heterocycles. The summed E-state index contributed by atoms with van der Waals surface area (Å²) in [6.07, 6.45) is 4.21. The van der Waals surface area contributed by atoms with Gasteiger partial charge in [-0.1, -0.05) is 31.0 Å². The largest absolute Gasteiger partial charge is 0.341 e. The monoisotopic (exact) mass is 283 g/mol. The summed E-state index contributed by atoms with van der Waals surface area (Å²) in [6, 6.07) is 6.49. The molecule has 2 unspecified atom stereocenters. The number of rotatable bonds is 3. The van der Waals surface area contributed by atoms with Crippen molar-refractivity contribution in [2.45, 2.75) is 43.5 Å². The van der Waals surface area contributed by atoms with Crippen LogP contribution in [0.5, 0.6) is 0 Å². The van der Waals surface area contributed by atoms with E-state index in [-0.39, 0.29) is 29.6 Å². The number of hydrogen-bond donors (Lipinski definition) is 0. The van der Waals surface area contributed by atoms with Gasteiger partial charge in [-0.15, -0.1) is 11.6 Å². The van der Waals surface area contributed by atoms with Crippen LogP contribution in [0.15, 0.2) is 24.3 Å². The third kappa shape index (κ3) is 3.47. The highest BCUT2D eigenvalue weighted by molar-refractivity contribution is 6.21. The van der Waals surface area contributed by atoms with Crippen LogP contribution >= 0.6 is 11.6 Å². The lowest BCUT2D eigenvalue weighted by Gasteiger charge is -2.35. The van der Waals surface area contributed by atoms with Crippen LogP contribution in [0, 0.1) is 5.82 Å². The Labute approximate surface area is 118 Å². The number of hydrogen-bond acceptors (Lipinski definition) is 1. The summed E-state index contributed by atoms with van der Waals surface area (Å²) < 4.78 is 13.5. The lowest BCUT2D eigenvalue weighted by atomic mass is 9.93. The first-order valence-corrected chi connectivity index (χ1v) is 7.16. The van der Waals surface area contributed by atoms with Crippen LogP contribution in [-0.4, -0.2) is 29.3 Å². The predicted octanol–water partition coefficient (Wildman–Crippen LogP) is 3.38. The number of carbonyl (C=O) groups is 1. The van der Waals surface area contributed by atoms with Gasteiger partial charge in [0.15, 0.2) is 0 Å². The van der Waals surface area contributed by atoms with Gasteiger partial charge in [-0.3, -0.25) is 4.79 Å². The molecule has 0 saturated heterocycles. The maximum Gasteiger partial charge on any atom is 0.227 e. The van der Waals surface area contributed by atoms with E-state index in [1.54, 1.807) is 30.1 Å². The van der Waals surface area contributed by atoms with E-state index in [4.69, 9.17) is 11.6 Å². The average Bonchev–Trinajstić information content (AvgIpc) is 2.41. The van der Waals surface area contributed by atoms with Crippen molar-refractivity contribution in [1.29, 1.82) is 0 Å². The smallest absolute Gasteiger partial charge is 0.227 e. The van der Waals surface area contributed by atoms with Crippen molar-refractivity contribution < 1.29 is 9.18 Å². The van der Waals surface area contributed by atoms with Crippen molar-refractivity contribution in [3.8, 4) is 0 Å². The van der Waals surface area contributed by atoms with Gasteiger partial charge in [-0.25, -0.2) is 4.39 Å². The molecule has 1 aromatic carbocycles. The van der Waals surface area contributed by atoms with Gasteiger partial charge in [0.25, 0.3) is 0 Å². The van der Waals surface area contributed by atoms with Crippen molar-refractivity contribution in [3.05, 3.63) is 35.6 Å². The van der Waals surface area contributed by atoms with Crippen LogP contribution < -0.4 is 0 Å². The first-order chi connectivity index (χ1) is 9.09. The van der Waals surface area contributed by atoms with Gasteiger partial charge in [-0.05, 0) is 24.5 Å². The van der Waals surface area contributed by atoms with E-state index in [0.717, 1.165) is 25.7 Å². The second-order valence-corrected chi connectivity index (χ2v) is 5.70. The minimum absolute atomic E-state index is 0.0170. The molecule has 0 radical (unpaired) electrons. The Morgan fingerprint density at radius 2 is 2.05 bits per heavy atom. The van der Waals surface area contributed by atoms with E-state index in [2.05, 4.69) is 0 Å². The summed E-state index contributed by atoms with van der Waals surface area (Å²) in [6.45, 7) is 0. The third-order valence-electron chi connectivity index (χ3n) is 3.84. The molecule has 1 fully saturated rings. The standard InChI is InChI=1S/C15H19ClFNO/c1-18(14-9-5-3-7-12(14)16)15(19)10-11-6-2-4-8-13(11)17/h2,4,6,8,12,14H,3,5,7,9-10H2,1H3. The Kier molecular flexibility index (Phi) is 4.81. The maximum absolute atomic E-state index is 13.5. The number of likely N-dealkylation sites (N-methyl/N-ethyl adjacent to an activating group) is 1. The Morgan fingerprint density at radius 3 is 2.74 bits per heavy atom. The van der Waals surface area contributed by atoms with Crippen LogP contribution in [0.25, 0.3) is 0 Å². The van der Waals surface area contributed by atoms with E-state index >= 15 is 0 Å². The Hall–Kier alpha value is -1.09. The van der Waals surface area contributed by atoms with Gasteiger partial charge < -0.3 is 4.90 Å². The lowest BCUT2D eigenvalue weighted by molar-refractivity contribution is -0.131. The van der Waals surface area contributed by atoms with Crippen LogP contribution in [0.1, 0.15) is 31.2 Å². The highest BCUT2D eigenvalue weighted by Crippen LogP contribution is 2.27. The maximum atomic E-state index is 13.5. The van der Waals surface area contributed by atoms with E-state index in [9.17, 15) is 9.18 Å². The van der Waals surface area contributed by atoms with Gasteiger partial charge in [0.1, 0.15) is 5.82 Å². The minimum Gasteiger partial charge on any atom is -0.341 e. The molecule has 2 nitrogen and oxygen atoms in total. The highest BCUT2D eigenvalue weighted by Gasteiger charge is 2.29. The fourth-order valence-electron chi connectivity index (χ4n) is 2.62. The van der Waals surface area contributed by atoms with E-state index in [0.29, 0.717) is 5.56 Å². The molecule has 1 amide bonds. The molecule has 19 heavy (non-hydrogen) atoms. The first-order valence-electron chi connectivity index (χ1n) is 6.72. The van der Waals surface area contributed by atoms with Crippen molar-refractivity contribution >= 4 is 17.5 Å². The zero-order valence-corrected chi connectivity index (χ0v) is 11.9. The van der Waals surface area contributed by atoms with Gasteiger partial charge in [0.05, 0.1) is 11.8 Å². The molecule has 0 bridgehead atoms. The molecule has 0 heterocycles.